The highest BCUT2D eigenvalue weighted by Crippen LogP contribution is 2.29. The Labute approximate surface area is 165 Å². The molecule has 7 heteroatoms. The molecule has 1 aliphatic heterocycles. The van der Waals surface area contributed by atoms with Crippen LogP contribution in [-0.4, -0.2) is 44.1 Å². The molecule has 1 unspecified atom stereocenters. The highest BCUT2D eigenvalue weighted by Gasteiger charge is 2.27. The number of para-hydroxylation sites is 1. The second kappa shape index (κ2) is 10.3. The fourth-order valence-corrected chi connectivity index (χ4v) is 3.23. The maximum atomic E-state index is 13.0. The van der Waals surface area contributed by atoms with Crippen LogP contribution in [0.15, 0.2) is 48.5 Å². The monoisotopic (exact) mass is 393 g/mol. The molecular weight excluding hydrogens is 369 g/mol. The Hall–Kier alpha value is -2.15. The van der Waals surface area contributed by atoms with Crippen LogP contribution < -0.4 is 15.4 Å². The molecule has 27 heavy (non-hydrogen) atoms. The zero-order valence-electron chi connectivity index (χ0n) is 15.3. The van der Waals surface area contributed by atoms with Crippen molar-refractivity contribution in [3.63, 3.8) is 0 Å². The summed E-state index contributed by atoms with van der Waals surface area (Å²) in [6.45, 7) is 3.10. The fourth-order valence-electron chi connectivity index (χ4n) is 3.23. The minimum absolute atomic E-state index is 0. The number of halogens is 2. The van der Waals surface area contributed by atoms with Gasteiger partial charge in [-0.25, -0.2) is 4.39 Å². The third kappa shape index (κ3) is 5.66. The van der Waals surface area contributed by atoms with Gasteiger partial charge < -0.3 is 15.4 Å². The van der Waals surface area contributed by atoms with E-state index >= 15 is 0 Å². The van der Waals surface area contributed by atoms with E-state index in [4.69, 9.17) is 4.74 Å². The van der Waals surface area contributed by atoms with E-state index in [2.05, 4.69) is 15.5 Å². The topological polar surface area (TPSA) is 53.6 Å². The molecule has 1 atom stereocenters. The quantitative estimate of drug-likeness (QED) is 0.791. The summed E-state index contributed by atoms with van der Waals surface area (Å²) in [6.07, 6.45) is 0. The summed E-state index contributed by atoms with van der Waals surface area (Å²) in [7, 11) is 1.66. The van der Waals surface area contributed by atoms with Crippen LogP contribution in [0.4, 0.5) is 4.39 Å². The van der Waals surface area contributed by atoms with Crippen LogP contribution in [0.3, 0.4) is 0 Å². The van der Waals surface area contributed by atoms with Gasteiger partial charge in [-0.15, -0.1) is 12.4 Å². The lowest BCUT2D eigenvalue weighted by molar-refractivity contribution is -0.123. The number of carbonyl (C=O) groups excluding carboxylic acids is 1. The number of nitrogens with zero attached hydrogens (tertiary/aromatic N) is 1. The number of hydrogen-bond donors (Lipinski definition) is 2. The van der Waals surface area contributed by atoms with Crippen molar-refractivity contribution in [2.45, 2.75) is 12.6 Å². The van der Waals surface area contributed by atoms with E-state index in [0.717, 1.165) is 36.5 Å². The van der Waals surface area contributed by atoms with Crippen molar-refractivity contribution in [3.05, 3.63) is 65.5 Å². The maximum Gasteiger partial charge on any atom is 0.234 e. The van der Waals surface area contributed by atoms with Gasteiger partial charge in [-0.05, 0) is 23.8 Å². The summed E-state index contributed by atoms with van der Waals surface area (Å²) in [5, 5.41) is 6.30. The molecule has 0 spiro atoms. The van der Waals surface area contributed by atoms with Gasteiger partial charge in [0.1, 0.15) is 11.6 Å². The number of amides is 1. The van der Waals surface area contributed by atoms with Gasteiger partial charge in [-0.2, -0.15) is 0 Å². The van der Waals surface area contributed by atoms with Gasteiger partial charge in [0.15, 0.2) is 0 Å². The Morgan fingerprint density at radius 3 is 2.74 bits per heavy atom. The number of benzene rings is 2. The molecule has 5 nitrogen and oxygen atoms in total. The van der Waals surface area contributed by atoms with Crippen molar-refractivity contribution in [3.8, 4) is 5.75 Å². The first-order valence-electron chi connectivity index (χ1n) is 8.76. The molecule has 0 aliphatic carbocycles. The number of piperazine rings is 1. The average molecular weight is 394 g/mol. The molecule has 0 aromatic heterocycles. The molecule has 1 aliphatic rings. The van der Waals surface area contributed by atoms with Crippen LogP contribution >= 0.6 is 12.4 Å². The molecule has 1 amide bonds. The Kier molecular flexibility index (Phi) is 8.03. The molecule has 1 heterocycles. The Morgan fingerprint density at radius 2 is 2.00 bits per heavy atom. The Morgan fingerprint density at radius 1 is 1.26 bits per heavy atom. The first-order chi connectivity index (χ1) is 12.7. The van der Waals surface area contributed by atoms with Crippen molar-refractivity contribution in [1.82, 2.24) is 15.5 Å². The average Bonchev–Trinajstić information content (AvgIpc) is 2.68. The van der Waals surface area contributed by atoms with Gasteiger partial charge in [0.2, 0.25) is 5.91 Å². The van der Waals surface area contributed by atoms with E-state index < -0.39 is 0 Å². The highest BCUT2D eigenvalue weighted by atomic mass is 35.5. The van der Waals surface area contributed by atoms with E-state index in [9.17, 15) is 9.18 Å². The lowest BCUT2D eigenvalue weighted by Crippen LogP contribution is -2.49. The molecule has 3 rings (SSSR count). The molecule has 0 radical (unpaired) electrons. The second-order valence-electron chi connectivity index (χ2n) is 6.34. The van der Waals surface area contributed by atoms with Crippen molar-refractivity contribution >= 4 is 18.3 Å². The van der Waals surface area contributed by atoms with E-state index in [0.29, 0.717) is 13.1 Å². The number of ether oxygens (including phenoxy) is 1. The van der Waals surface area contributed by atoms with Crippen molar-refractivity contribution in [1.29, 1.82) is 0 Å². The lowest BCUT2D eigenvalue weighted by atomic mass is 10.0. The maximum absolute atomic E-state index is 13.0. The van der Waals surface area contributed by atoms with E-state index in [-0.39, 0.29) is 30.2 Å². The number of hydrogen-bond acceptors (Lipinski definition) is 4. The molecule has 2 aromatic carbocycles. The summed E-state index contributed by atoms with van der Waals surface area (Å²) in [5.74, 6) is 0.509. The first-order valence-corrected chi connectivity index (χ1v) is 8.76. The predicted molar refractivity (Wildman–Crippen MR) is 106 cm³/mol. The minimum Gasteiger partial charge on any atom is -0.496 e. The SMILES string of the molecule is COc1ccccc1C1CNCCN1CC(=O)NCc1ccc(F)cc1.Cl. The third-order valence-electron chi connectivity index (χ3n) is 4.60. The third-order valence-corrected chi connectivity index (χ3v) is 4.60. The van der Waals surface area contributed by atoms with Crippen LogP contribution in [-0.2, 0) is 11.3 Å². The van der Waals surface area contributed by atoms with Gasteiger partial charge >= 0.3 is 0 Å². The van der Waals surface area contributed by atoms with E-state index in [1.165, 1.54) is 12.1 Å². The molecule has 146 valence electrons. The van der Waals surface area contributed by atoms with Crippen molar-refractivity contribution < 1.29 is 13.9 Å². The van der Waals surface area contributed by atoms with Crippen LogP contribution in [0.25, 0.3) is 0 Å². The molecular formula is C20H25ClFN3O2. The van der Waals surface area contributed by atoms with Gasteiger partial charge in [0, 0.05) is 31.7 Å². The first kappa shape index (κ1) is 21.2. The van der Waals surface area contributed by atoms with Crippen LogP contribution in [0, 0.1) is 5.82 Å². The van der Waals surface area contributed by atoms with Gasteiger partial charge in [0.25, 0.3) is 0 Å². The summed E-state index contributed by atoms with van der Waals surface area (Å²) < 4.78 is 18.4. The summed E-state index contributed by atoms with van der Waals surface area (Å²) >= 11 is 0. The number of carbonyl (C=O) groups is 1. The zero-order chi connectivity index (χ0) is 18.4. The second-order valence-corrected chi connectivity index (χ2v) is 6.34. The normalized spacial score (nSPS) is 17.0. The minimum atomic E-state index is -0.277. The molecule has 0 saturated carbocycles. The Bertz CT molecular complexity index is 742. The molecule has 2 N–H and O–H groups in total. The predicted octanol–water partition coefficient (Wildman–Crippen LogP) is 2.52. The molecule has 2 aromatic rings. The standard InChI is InChI=1S/C20H24FN3O2.ClH/c1-26-19-5-3-2-4-17(19)18-13-22-10-11-24(18)14-20(25)23-12-15-6-8-16(21)9-7-15;/h2-9,18,22H,10-14H2,1H3,(H,23,25);1H. The van der Waals surface area contributed by atoms with E-state index in [1.54, 1.807) is 19.2 Å². The van der Waals surface area contributed by atoms with E-state index in [1.807, 2.05) is 24.3 Å². The Balaban J connectivity index is 0.00000261. The van der Waals surface area contributed by atoms with Crippen molar-refractivity contribution in [2.75, 3.05) is 33.3 Å². The molecule has 1 fully saturated rings. The number of rotatable bonds is 6. The van der Waals surface area contributed by atoms with Gasteiger partial charge in [-0.3, -0.25) is 9.69 Å². The summed E-state index contributed by atoms with van der Waals surface area (Å²) in [4.78, 5) is 14.6. The zero-order valence-corrected chi connectivity index (χ0v) is 16.1. The summed E-state index contributed by atoms with van der Waals surface area (Å²) in [6, 6.07) is 14.1. The lowest BCUT2D eigenvalue weighted by Gasteiger charge is -2.36. The molecule has 1 saturated heterocycles. The summed E-state index contributed by atoms with van der Waals surface area (Å²) in [5.41, 5.74) is 1.95. The smallest absolute Gasteiger partial charge is 0.234 e. The van der Waals surface area contributed by atoms with Crippen molar-refractivity contribution in [2.24, 2.45) is 0 Å². The number of nitrogens with one attached hydrogen (secondary N) is 2. The van der Waals surface area contributed by atoms with Crippen LogP contribution in [0.1, 0.15) is 17.2 Å². The largest absolute Gasteiger partial charge is 0.496 e. The number of methoxy groups -OCH3 is 1. The highest BCUT2D eigenvalue weighted by molar-refractivity contribution is 5.85. The van der Waals surface area contributed by atoms with Crippen LogP contribution in [0.2, 0.25) is 0 Å². The van der Waals surface area contributed by atoms with Gasteiger partial charge in [-0.1, -0.05) is 30.3 Å². The van der Waals surface area contributed by atoms with Crippen LogP contribution in [0.5, 0.6) is 5.75 Å². The van der Waals surface area contributed by atoms with Gasteiger partial charge in [0.05, 0.1) is 19.7 Å². The fraction of sp³-hybridized carbons (Fsp3) is 0.350. The molecule has 0 bridgehead atoms.